The number of carbonyl (C=O) groups excluding carboxylic acids is 7. The van der Waals surface area contributed by atoms with Crippen molar-refractivity contribution in [3.8, 4) is 0 Å². The first kappa shape index (κ1) is 107. The zero-order chi connectivity index (χ0) is 95.2. The molecule has 127 heavy (non-hydrogen) atoms. The summed E-state index contributed by atoms with van der Waals surface area (Å²) in [6, 6.07) is 7.54. The van der Waals surface area contributed by atoms with Gasteiger partial charge in [0, 0.05) is 287 Å². The number of morpholine rings is 1. The van der Waals surface area contributed by atoms with Gasteiger partial charge in [-0.25, -0.2) is 33.6 Å². The molecule has 0 aliphatic carbocycles. The maximum absolute atomic E-state index is 12.5. The lowest BCUT2D eigenvalue weighted by molar-refractivity contribution is -0.176. The monoisotopic (exact) mass is 1790 g/mol. The summed E-state index contributed by atoms with van der Waals surface area (Å²) in [5.74, 6) is 0. The Hall–Kier alpha value is -5.43. The smallest absolute Gasteiger partial charge is 0.320 e. The highest BCUT2D eigenvalue weighted by molar-refractivity contribution is 5.79. The Morgan fingerprint density at radius 3 is 0.756 bits per heavy atom. The SMILES string of the molecule is CC(C)N1CC2(CCN2C(=O)N(C)C(C)C)C1.CC(C)N1CC2(CN(C(=O)N(C)C(C)C)C2)C1.CC(C)N1CCC2(CC1)CCN2C(=O)N(C)C(C)C.CC(C)N1CCC2(CC1)CN(C(=O)N(C)C(C)C)C2.CC(C)N1CCC2(CCN2C(=O)N(C)C(C)C)C1.CC(C)N1CCC2(CN(C(=O)N(C)C(C)C)C2)C1.CC(C)N1CCOC2(CN(C(=O)N(C)C(C)C)C2)C1. The number of ether oxygens (including phenoxy) is 1. The quantitative estimate of drug-likeness (QED) is 0.159. The highest BCUT2D eigenvalue weighted by atomic mass is 16.5. The summed E-state index contributed by atoms with van der Waals surface area (Å²) in [6.07, 6.45) is 10.7. The molecule has 0 radical (unpaired) electrons. The van der Waals surface area contributed by atoms with Crippen molar-refractivity contribution in [3.63, 3.8) is 0 Å². The fourth-order valence-electron chi connectivity index (χ4n) is 20.5. The van der Waals surface area contributed by atoms with Gasteiger partial charge in [-0.05, 0) is 271 Å². The van der Waals surface area contributed by atoms with Crippen LogP contribution in [0, 0.1) is 16.2 Å². The van der Waals surface area contributed by atoms with Crippen LogP contribution < -0.4 is 0 Å². The van der Waals surface area contributed by atoms with Gasteiger partial charge < -0.3 is 88.0 Å². The summed E-state index contributed by atoms with van der Waals surface area (Å²) in [5.41, 5.74) is 1.63. The van der Waals surface area contributed by atoms with Crippen LogP contribution in [-0.4, -0.2) is 471 Å². The third-order valence-corrected chi connectivity index (χ3v) is 32.4. The van der Waals surface area contributed by atoms with Gasteiger partial charge in [0.25, 0.3) is 0 Å². The number of carbonyl (C=O) groups is 7. The van der Waals surface area contributed by atoms with E-state index < -0.39 is 0 Å². The molecule has 0 aromatic heterocycles. The van der Waals surface area contributed by atoms with Crippen LogP contribution in [0.15, 0.2) is 0 Å². The van der Waals surface area contributed by atoms with Crippen LogP contribution in [0.2, 0.25) is 0 Å². The molecule has 14 aliphatic heterocycles. The zero-order valence-corrected chi connectivity index (χ0v) is 87.5. The first-order valence-corrected chi connectivity index (χ1v) is 50.0. The zero-order valence-electron chi connectivity index (χ0n) is 87.5. The fourth-order valence-corrected chi connectivity index (χ4v) is 20.5. The summed E-state index contributed by atoms with van der Waals surface area (Å²) in [5, 5.41) is 0. The van der Waals surface area contributed by atoms with Gasteiger partial charge in [-0.1, -0.05) is 0 Å². The molecule has 14 fully saturated rings. The molecule has 1 unspecified atom stereocenters. The van der Waals surface area contributed by atoms with Gasteiger partial charge >= 0.3 is 42.2 Å². The minimum absolute atomic E-state index is 0.115. The number of likely N-dealkylation sites (tertiary alicyclic amines) is 13. The topological polar surface area (TPSA) is 197 Å². The largest absolute Gasteiger partial charge is 0.369 e. The molecule has 0 aromatic rings. The van der Waals surface area contributed by atoms with E-state index in [9.17, 15) is 33.6 Å². The number of amides is 14. The minimum Gasteiger partial charge on any atom is -0.369 e. The lowest BCUT2D eigenvalue weighted by atomic mass is 9.72. The van der Waals surface area contributed by atoms with Crippen molar-refractivity contribution in [3.05, 3.63) is 0 Å². The number of hydrogen-bond donors (Lipinski definition) is 0. The second-order valence-electron chi connectivity index (χ2n) is 45.7. The van der Waals surface area contributed by atoms with Gasteiger partial charge in [0.05, 0.1) is 30.8 Å². The molecule has 29 heteroatoms. The van der Waals surface area contributed by atoms with Crippen LogP contribution in [0.3, 0.4) is 0 Å². The van der Waals surface area contributed by atoms with Gasteiger partial charge in [-0.15, -0.1) is 0 Å². The lowest BCUT2D eigenvalue weighted by Gasteiger charge is -2.64. The second kappa shape index (κ2) is 43.7. The Labute approximate surface area is 773 Å². The number of hydrogen-bond acceptors (Lipinski definition) is 15. The van der Waals surface area contributed by atoms with E-state index in [4.69, 9.17) is 4.74 Å². The Kier molecular flexibility index (Phi) is 36.8. The molecular weight excluding hydrogens is 1600 g/mol. The van der Waals surface area contributed by atoms with Crippen LogP contribution in [0.25, 0.3) is 0 Å². The van der Waals surface area contributed by atoms with Gasteiger partial charge in [0.1, 0.15) is 5.60 Å². The van der Waals surface area contributed by atoms with Crippen molar-refractivity contribution >= 4 is 42.2 Å². The van der Waals surface area contributed by atoms with E-state index in [1.54, 1.807) is 4.90 Å². The van der Waals surface area contributed by atoms with Gasteiger partial charge in [-0.2, -0.15) is 0 Å². The van der Waals surface area contributed by atoms with Crippen LogP contribution in [0.5, 0.6) is 0 Å². The fraction of sp³-hybridized carbons (Fsp3) is 0.929. The molecule has 734 valence electrons. The third kappa shape index (κ3) is 25.0. The van der Waals surface area contributed by atoms with E-state index >= 15 is 0 Å². The highest BCUT2D eigenvalue weighted by Crippen LogP contribution is 2.47. The second-order valence-corrected chi connectivity index (χ2v) is 45.7. The molecule has 0 saturated carbocycles. The van der Waals surface area contributed by atoms with E-state index in [1.807, 2.05) is 112 Å². The molecule has 14 saturated heterocycles. The van der Waals surface area contributed by atoms with E-state index in [0.717, 1.165) is 150 Å². The van der Waals surface area contributed by atoms with Gasteiger partial charge in [-0.3, -0.25) is 19.6 Å². The molecule has 14 amide bonds. The highest BCUT2D eigenvalue weighted by Gasteiger charge is 2.59. The first-order chi connectivity index (χ1) is 59.0. The lowest BCUT2D eigenvalue weighted by Crippen LogP contribution is -2.79. The molecule has 0 N–H and O–H groups in total. The molecule has 29 nitrogen and oxygen atoms in total. The van der Waals surface area contributed by atoms with E-state index in [-0.39, 0.29) is 107 Å². The third-order valence-electron chi connectivity index (χ3n) is 32.4. The number of nitrogens with zero attached hydrogens (tertiary/aromatic N) is 21. The van der Waals surface area contributed by atoms with E-state index in [0.29, 0.717) is 58.5 Å². The molecule has 14 rings (SSSR count). The maximum Gasteiger partial charge on any atom is 0.320 e. The molecule has 1 atom stereocenters. The molecule has 14 aliphatic rings. The number of rotatable bonds is 14. The predicted octanol–water partition coefficient (Wildman–Crippen LogP) is 12.8. The minimum atomic E-state index is -0.115. The van der Waals surface area contributed by atoms with Gasteiger partial charge in [0.15, 0.2) is 0 Å². The van der Waals surface area contributed by atoms with Crippen LogP contribution >= 0.6 is 0 Å². The number of urea groups is 7. The molecule has 0 aromatic carbocycles. The molecule has 0 bridgehead atoms. The first-order valence-electron chi connectivity index (χ1n) is 50.0. The average molecular weight is 1790 g/mol. The summed E-state index contributed by atoms with van der Waals surface area (Å²) in [7, 11) is 13.3. The van der Waals surface area contributed by atoms with Crippen molar-refractivity contribution in [2.24, 2.45) is 16.2 Å². The van der Waals surface area contributed by atoms with Gasteiger partial charge in [0.2, 0.25) is 0 Å². The van der Waals surface area contributed by atoms with E-state index in [2.05, 4.69) is 229 Å². The Morgan fingerprint density at radius 1 is 0.213 bits per heavy atom. The number of piperidine rings is 2. The van der Waals surface area contributed by atoms with Crippen molar-refractivity contribution < 1.29 is 38.3 Å². The Morgan fingerprint density at radius 2 is 0.441 bits per heavy atom. The van der Waals surface area contributed by atoms with Crippen LogP contribution in [-0.2, 0) is 4.74 Å². The van der Waals surface area contributed by atoms with Crippen LogP contribution in [0.4, 0.5) is 33.6 Å². The standard InChI is InChI=1S/2C15H29N3O.C14H27N3O2.2C14H27N3O.2C13H25N3O/c1-12(2)16(5)14(19)18-11-8-15(18)6-9-17(10-7-15)13(3)4;1-12(2)16(5)14(19)18-10-15(11-18)6-8-17(9-7-15)13(3)4;1-11(2)15(5)13(18)17-9-14(10-17)8-16(12(3)4)6-7-19-14;1-11(2)15(5)13(18)17-9-7-14(17)6-8-16(10-14)12(3)4;1-11(2)15(5)13(18)17-9-14(10-17)6-7-16(8-14)12(3)4;1-10(2)14(5)12(17)16-8-13(9-16)6-15(7-13)11(3)4;1-10(2)14(5)12(17)16-7-6-13(16)8-15(9-13)11(3)4/h2*12-13H,6-11H2,1-5H3;11-12H,6-10H2,1-5H3;2*11-12H,6-10H2,1-5H3;2*10-11H,6-9H2,1-5H3. The van der Waals surface area contributed by atoms with Crippen molar-refractivity contribution in [1.82, 2.24) is 103 Å². The average Bonchev–Trinajstić information content (AvgIpc) is 1.73. The summed E-state index contributed by atoms with van der Waals surface area (Å²) in [6.45, 7) is 86.6. The van der Waals surface area contributed by atoms with E-state index in [1.165, 1.54) is 77.8 Å². The normalized spacial score (nSPS) is 23.7. The predicted molar refractivity (Wildman–Crippen MR) is 517 cm³/mol. The Bertz CT molecular complexity index is 3520. The maximum atomic E-state index is 12.5. The summed E-state index contributed by atoms with van der Waals surface area (Å²) in [4.78, 5) is 130. The van der Waals surface area contributed by atoms with Crippen molar-refractivity contribution in [2.75, 3.05) is 220 Å². The molecular formula is C98H189N21O8. The summed E-state index contributed by atoms with van der Waals surface area (Å²) >= 11 is 0. The summed E-state index contributed by atoms with van der Waals surface area (Å²) < 4.78 is 5.95. The molecule has 14 heterocycles. The van der Waals surface area contributed by atoms with Crippen molar-refractivity contribution in [1.29, 1.82) is 0 Å². The van der Waals surface area contributed by atoms with Crippen molar-refractivity contribution in [2.45, 2.75) is 358 Å². The Balaban J connectivity index is 0.000000183. The van der Waals surface area contributed by atoms with Crippen LogP contribution in [0.1, 0.15) is 252 Å². The molecule has 7 spiro atoms.